The number of phenolic OH excluding ortho intramolecular Hbond substituents is 2. The Kier molecular flexibility index (Phi) is 8.78. The minimum absolute atomic E-state index is 0.00115. The highest BCUT2D eigenvalue weighted by Gasteiger charge is 2.21. The number of aromatic hydroxyl groups is 2. The van der Waals surface area contributed by atoms with Crippen LogP contribution in [0.4, 0.5) is 28.4 Å². The lowest BCUT2D eigenvalue weighted by Gasteiger charge is -2.11. The van der Waals surface area contributed by atoms with Gasteiger partial charge in [-0.1, -0.05) is 19.9 Å². The van der Waals surface area contributed by atoms with Crippen molar-refractivity contribution in [1.82, 2.24) is 0 Å². The van der Waals surface area contributed by atoms with E-state index in [4.69, 9.17) is 4.74 Å². The molecule has 42 heavy (non-hydrogen) atoms. The lowest BCUT2D eigenvalue weighted by molar-refractivity contribution is 0.399. The van der Waals surface area contributed by atoms with Crippen molar-refractivity contribution in [2.24, 2.45) is 20.5 Å². The first-order valence-electron chi connectivity index (χ1n) is 12.7. The smallest absolute Gasteiger partial charge is 0.181 e. The molecule has 4 aromatic carbocycles. The van der Waals surface area contributed by atoms with Crippen LogP contribution in [-0.2, 0) is 19.7 Å². The largest absolute Gasteiger partial charge is 0.506 e. The first-order chi connectivity index (χ1) is 19.9. The standard InChI is InChI=1S/C28H29N5O7S2/c1-5-41(36,37)18-9-7-8-17(14-18)30-33-27-19-10-13-22(28(35)20(19)11-12-21(27)29-3)31-32-23-15-25(40-4)26(16-24(23)34)42(38,39)6-2/h7-16,29,34-35H,5-6H2,1-4H3/b32-31+,33-30+. The minimum Gasteiger partial charge on any atom is -0.506 e. The molecule has 0 bridgehead atoms. The average molecular weight is 612 g/mol. The van der Waals surface area contributed by atoms with Crippen LogP contribution in [0.15, 0.2) is 90.9 Å². The molecule has 0 aliphatic rings. The van der Waals surface area contributed by atoms with Gasteiger partial charge in [-0.25, -0.2) is 16.8 Å². The molecule has 0 saturated heterocycles. The van der Waals surface area contributed by atoms with Gasteiger partial charge in [0.2, 0.25) is 0 Å². The number of hydrogen-bond donors (Lipinski definition) is 3. The Bertz CT molecular complexity index is 1940. The molecule has 12 nitrogen and oxygen atoms in total. The fourth-order valence-corrected chi connectivity index (χ4v) is 6.02. The van der Waals surface area contributed by atoms with E-state index in [1.165, 1.54) is 38.3 Å². The molecule has 0 unspecified atom stereocenters. The summed E-state index contributed by atoms with van der Waals surface area (Å²) < 4.78 is 54.4. The fourth-order valence-electron chi connectivity index (χ4n) is 4.05. The van der Waals surface area contributed by atoms with Crippen molar-refractivity contribution in [2.75, 3.05) is 31.0 Å². The van der Waals surface area contributed by atoms with E-state index in [1.54, 1.807) is 44.3 Å². The number of benzene rings is 4. The molecule has 0 aliphatic heterocycles. The maximum absolute atomic E-state index is 12.3. The normalized spacial score (nSPS) is 12.4. The van der Waals surface area contributed by atoms with Gasteiger partial charge < -0.3 is 20.3 Å². The zero-order valence-corrected chi connectivity index (χ0v) is 24.9. The number of fused-ring (bicyclic) bond motifs is 1. The molecular weight excluding hydrogens is 582 g/mol. The van der Waals surface area contributed by atoms with E-state index >= 15 is 0 Å². The quantitative estimate of drug-likeness (QED) is 0.165. The highest BCUT2D eigenvalue weighted by Crippen LogP contribution is 2.44. The first-order valence-corrected chi connectivity index (χ1v) is 16.0. The monoisotopic (exact) mass is 611 g/mol. The van der Waals surface area contributed by atoms with Gasteiger partial charge in [-0.15, -0.1) is 15.3 Å². The maximum atomic E-state index is 12.3. The van der Waals surface area contributed by atoms with Crippen molar-refractivity contribution >= 4 is 58.9 Å². The third-order valence-electron chi connectivity index (χ3n) is 6.46. The van der Waals surface area contributed by atoms with Crippen LogP contribution in [0.2, 0.25) is 0 Å². The van der Waals surface area contributed by atoms with E-state index in [9.17, 15) is 27.0 Å². The number of hydrogen-bond acceptors (Lipinski definition) is 12. The first kappa shape index (κ1) is 30.4. The van der Waals surface area contributed by atoms with E-state index in [0.29, 0.717) is 27.8 Å². The van der Waals surface area contributed by atoms with Crippen LogP contribution in [0.1, 0.15) is 13.8 Å². The van der Waals surface area contributed by atoms with Gasteiger partial charge in [0.05, 0.1) is 34.9 Å². The number of sulfone groups is 2. The van der Waals surface area contributed by atoms with Crippen molar-refractivity contribution in [3.63, 3.8) is 0 Å². The van der Waals surface area contributed by atoms with Crippen molar-refractivity contribution in [2.45, 2.75) is 23.6 Å². The van der Waals surface area contributed by atoms with Gasteiger partial charge in [0.25, 0.3) is 0 Å². The summed E-state index contributed by atoms with van der Waals surface area (Å²) in [6.07, 6.45) is 0. The summed E-state index contributed by atoms with van der Waals surface area (Å²) in [7, 11) is -4.08. The molecule has 0 saturated carbocycles. The predicted molar refractivity (Wildman–Crippen MR) is 160 cm³/mol. The number of ether oxygens (including phenoxy) is 1. The predicted octanol–water partition coefficient (Wildman–Crippen LogP) is 6.72. The summed E-state index contributed by atoms with van der Waals surface area (Å²) in [5.74, 6) is -0.872. The number of methoxy groups -OCH3 is 1. The summed E-state index contributed by atoms with van der Waals surface area (Å²) in [5, 5.41) is 42.1. The molecule has 0 fully saturated rings. The molecule has 0 radical (unpaired) electrons. The summed E-state index contributed by atoms with van der Waals surface area (Å²) in [6, 6.07) is 15.0. The highest BCUT2D eigenvalue weighted by molar-refractivity contribution is 7.91. The van der Waals surface area contributed by atoms with E-state index < -0.39 is 25.4 Å². The van der Waals surface area contributed by atoms with Gasteiger partial charge in [-0.2, -0.15) is 5.11 Å². The van der Waals surface area contributed by atoms with Crippen LogP contribution in [0.5, 0.6) is 17.2 Å². The summed E-state index contributed by atoms with van der Waals surface area (Å²) in [4.78, 5) is -0.0237. The Morgan fingerprint density at radius 2 is 1.48 bits per heavy atom. The fraction of sp³-hybridized carbons (Fsp3) is 0.214. The van der Waals surface area contributed by atoms with Gasteiger partial charge >= 0.3 is 0 Å². The third-order valence-corrected chi connectivity index (χ3v) is 9.94. The zero-order valence-electron chi connectivity index (χ0n) is 23.2. The number of azo groups is 2. The van der Waals surface area contributed by atoms with Crippen LogP contribution in [0.25, 0.3) is 10.8 Å². The molecule has 3 N–H and O–H groups in total. The SMILES string of the molecule is CCS(=O)(=O)c1cccc(/N=N/c2c(NC)ccc3c(O)c(/N=N/c4cc(OC)c(S(=O)(=O)CC)cc4O)ccc23)c1. The summed E-state index contributed by atoms with van der Waals surface area (Å²) >= 11 is 0. The van der Waals surface area contributed by atoms with Crippen LogP contribution in [0.3, 0.4) is 0 Å². The molecule has 220 valence electrons. The number of phenols is 2. The van der Waals surface area contributed by atoms with Gasteiger partial charge in [-0.3, -0.25) is 0 Å². The minimum atomic E-state index is -3.67. The van der Waals surface area contributed by atoms with Gasteiger partial charge in [0, 0.05) is 30.0 Å². The number of anilines is 1. The van der Waals surface area contributed by atoms with Crippen molar-refractivity contribution in [3.05, 3.63) is 60.7 Å². The molecule has 14 heteroatoms. The lowest BCUT2D eigenvalue weighted by Crippen LogP contribution is -2.05. The molecule has 0 spiro atoms. The van der Waals surface area contributed by atoms with E-state index in [0.717, 1.165) is 6.07 Å². The zero-order chi connectivity index (χ0) is 30.7. The molecular formula is C28H29N5O7S2. The summed E-state index contributed by atoms with van der Waals surface area (Å²) in [5.41, 5.74) is 1.35. The molecule has 0 heterocycles. The van der Waals surface area contributed by atoms with E-state index in [-0.39, 0.29) is 44.2 Å². The second-order valence-corrected chi connectivity index (χ2v) is 13.5. The van der Waals surface area contributed by atoms with Gasteiger partial charge in [-0.05, 0) is 42.5 Å². The Morgan fingerprint density at radius 3 is 2.14 bits per heavy atom. The number of nitrogens with zero attached hydrogens (tertiary/aromatic N) is 4. The molecule has 0 atom stereocenters. The van der Waals surface area contributed by atoms with Crippen molar-refractivity contribution in [3.8, 4) is 17.2 Å². The van der Waals surface area contributed by atoms with Crippen LogP contribution < -0.4 is 10.1 Å². The molecule has 4 rings (SSSR count). The van der Waals surface area contributed by atoms with Crippen molar-refractivity contribution < 1.29 is 31.8 Å². The van der Waals surface area contributed by atoms with Gasteiger partial charge in [0.15, 0.2) is 25.4 Å². The third kappa shape index (κ3) is 6.04. The van der Waals surface area contributed by atoms with Crippen molar-refractivity contribution in [1.29, 1.82) is 0 Å². The highest BCUT2D eigenvalue weighted by atomic mass is 32.2. The van der Waals surface area contributed by atoms with Crippen LogP contribution in [-0.4, -0.2) is 52.7 Å². The summed E-state index contributed by atoms with van der Waals surface area (Å²) in [6.45, 7) is 3.04. The molecule has 0 aliphatic carbocycles. The Labute approximate surface area is 243 Å². The average Bonchev–Trinajstić information content (AvgIpc) is 2.99. The molecule has 0 aromatic heterocycles. The lowest BCUT2D eigenvalue weighted by atomic mass is 10.1. The molecule has 0 amide bonds. The Morgan fingerprint density at radius 1 is 0.786 bits per heavy atom. The number of rotatable bonds is 10. The second-order valence-electron chi connectivity index (χ2n) is 8.94. The Balaban J connectivity index is 1.74. The second kappa shape index (κ2) is 12.1. The maximum Gasteiger partial charge on any atom is 0.181 e. The topological polar surface area (TPSA) is 179 Å². The van der Waals surface area contributed by atoms with Crippen LogP contribution >= 0.6 is 0 Å². The van der Waals surface area contributed by atoms with E-state index in [2.05, 4.69) is 25.8 Å². The molecule has 4 aromatic rings. The van der Waals surface area contributed by atoms with Crippen LogP contribution in [0, 0.1) is 0 Å². The Hall–Kier alpha value is -4.56. The number of nitrogens with one attached hydrogen (secondary N) is 1. The van der Waals surface area contributed by atoms with E-state index in [1.807, 2.05) is 0 Å². The van der Waals surface area contributed by atoms with Gasteiger partial charge in [0.1, 0.15) is 33.5 Å².